The fraction of sp³-hybridized carbons (Fsp3) is 0. The van der Waals surface area contributed by atoms with Crippen LogP contribution >= 0.6 is 23.2 Å². The third-order valence-electron chi connectivity index (χ3n) is 2.58. The molecular weight excluding hydrogens is 295 g/mol. The van der Waals surface area contributed by atoms with Crippen molar-refractivity contribution in [2.45, 2.75) is 0 Å². The number of nitrogens with zero attached hydrogens (tertiary/aromatic N) is 2. The Balaban J connectivity index is 2.17. The molecule has 0 radical (unpaired) electrons. The van der Waals surface area contributed by atoms with Gasteiger partial charge in [-0.2, -0.15) is 0 Å². The summed E-state index contributed by atoms with van der Waals surface area (Å²) in [6.07, 6.45) is 0. The normalized spacial score (nSPS) is 11.2. The molecule has 0 saturated heterocycles. The van der Waals surface area contributed by atoms with Crippen LogP contribution in [0.2, 0.25) is 10.2 Å². The van der Waals surface area contributed by atoms with E-state index >= 15 is 0 Å². The van der Waals surface area contributed by atoms with E-state index in [0.717, 1.165) is 12.1 Å². The van der Waals surface area contributed by atoms with Gasteiger partial charge in [0.2, 0.25) is 0 Å². The number of H-pyrrole nitrogens is 1. The summed E-state index contributed by atoms with van der Waals surface area (Å²) in [7, 11) is 0. The fourth-order valence-corrected chi connectivity index (χ4v) is 1.96. The molecule has 0 spiro atoms. The van der Waals surface area contributed by atoms with E-state index in [1.54, 1.807) is 6.07 Å². The van der Waals surface area contributed by atoms with Crippen molar-refractivity contribution < 1.29 is 8.78 Å². The molecule has 0 aliphatic heterocycles. The zero-order valence-corrected chi connectivity index (χ0v) is 10.7. The fourth-order valence-electron chi connectivity index (χ4n) is 1.68. The molecule has 3 nitrogen and oxygen atoms in total. The van der Waals surface area contributed by atoms with E-state index in [9.17, 15) is 8.78 Å². The third kappa shape index (κ3) is 2.15. The summed E-state index contributed by atoms with van der Waals surface area (Å²) in [6, 6.07) is 5.07. The van der Waals surface area contributed by atoms with Crippen molar-refractivity contribution in [2.75, 3.05) is 0 Å². The van der Waals surface area contributed by atoms with Gasteiger partial charge in [-0.05, 0) is 24.3 Å². The van der Waals surface area contributed by atoms with Crippen LogP contribution < -0.4 is 0 Å². The highest BCUT2D eigenvalue weighted by atomic mass is 35.5. The predicted octanol–water partition coefficient (Wildman–Crippen LogP) is 4.21. The van der Waals surface area contributed by atoms with Gasteiger partial charge in [0.1, 0.15) is 11.0 Å². The first-order valence-corrected chi connectivity index (χ1v) is 5.97. The molecule has 2 heterocycles. The van der Waals surface area contributed by atoms with Crippen LogP contribution in [0.1, 0.15) is 0 Å². The second-order valence-electron chi connectivity index (χ2n) is 3.85. The quantitative estimate of drug-likeness (QED) is 0.684. The van der Waals surface area contributed by atoms with Crippen molar-refractivity contribution in [3.8, 4) is 11.4 Å². The molecule has 0 aliphatic carbocycles. The summed E-state index contributed by atoms with van der Waals surface area (Å²) in [6.45, 7) is 0. The first-order valence-electron chi connectivity index (χ1n) is 5.22. The van der Waals surface area contributed by atoms with E-state index in [2.05, 4.69) is 15.0 Å². The molecule has 0 aliphatic rings. The predicted molar refractivity (Wildman–Crippen MR) is 69.3 cm³/mol. The van der Waals surface area contributed by atoms with Gasteiger partial charge in [-0.25, -0.2) is 18.7 Å². The second kappa shape index (κ2) is 4.43. The molecule has 1 N–H and O–H groups in total. The van der Waals surface area contributed by atoms with Crippen LogP contribution in [0.15, 0.2) is 24.3 Å². The number of hydrogen-bond acceptors (Lipinski definition) is 2. The molecule has 0 bridgehead atoms. The first kappa shape index (κ1) is 12.3. The molecule has 96 valence electrons. The van der Waals surface area contributed by atoms with E-state index in [4.69, 9.17) is 23.2 Å². The molecule has 19 heavy (non-hydrogen) atoms. The lowest BCUT2D eigenvalue weighted by Crippen LogP contribution is -1.86. The number of pyridine rings is 1. The van der Waals surface area contributed by atoms with Crippen LogP contribution in [0, 0.1) is 11.6 Å². The lowest BCUT2D eigenvalue weighted by Gasteiger charge is -1.97. The van der Waals surface area contributed by atoms with Crippen molar-refractivity contribution in [1.29, 1.82) is 0 Å². The SMILES string of the molecule is Fc1ccc(-c2nc3nc(Cl)c(Cl)cc3[nH]2)cc1F. The van der Waals surface area contributed by atoms with Gasteiger partial charge >= 0.3 is 0 Å². The van der Waals surface area contributed by atoms with Gasteiger partial charge in [-0.3, -0.25) is 0 Å². The lowest BCUT2D eigenvalue weighted by molar-refractivity contribution is 0.509. The van der Waals surface area contributed by atoms with E-state index in [-0.39, 0.29) is 10.2 Å². The molecular formula is C12H5Cl2F2N3. The van der Waals surface area contributed by atoms with Gasteiger partial charge in [-0.1, -0.05) is 23.2 Å². The van der Waals surface area contributed by atoms with Crippen LogP contribution in [0.4, 0.5) is 8.78 Å². The van der Waals surface area contributed by atoms with E-state index in [1.165, 1.54) is 6.07 Å². The number of nitrogens with one attached hydrogen (secondary N) is 1. The largest absolute Gasteiger partial charge is 0.337 e. The number of benzene rings is 1. The Kier molecular flexibility index (Phi) is 2.88. The van der Waals surface area contributed by atoms with Gasteiger partial charge in [0.05, 0.1) is 10.5 Å². The highest BCUT2D eigenvalue weighted by Crippen LogP contribution is 2.26. The number of imidazole rings is 1. The Bertz CT molecular complexity index is 747. The molecule has 7 heteroatoms. The van der Waals surface area contributed by atoms with Crippen LogP contribution in [0.3, 0.4) is 0 Å². The maximum absolute atomic E-state index is 13.2. The smallest absolute Gasteiger partial charge is 0.179 e. The van der Waals surface area contributed by atoms with Gasteiger partial charge in [0.15, 0.2) is 17.3 Å². The van der Waals surface area contributed by atoms with Gasteiger partial charge in [0.25, 0.3) is 0 Å². The van der Waals surface area contributed by atoms with Gasteiger partial charge in [-0.15, -0.1) is 0 Å². The summed E-state index contributed by atoms with van der Waals surface area (Å²) >= 11 is 11.6. The molecule has 3 aromatic rings. The Hall–Kier alpha value is -1.72. The minimum Gasteiger partial charge on any atom is -0.337 e. The maximum atomic E-state index is 13.2. The highest BCUT2D eigenvalue weighted by molar-refractivity contribution is 6.41. The van der Waals surface area contributed by atoms with E-state index in [1.807, 2.05) is 0 Å². The minimum absolute atomic E-state index is 0.137. The molecule has 0 amide bonds. The molecule has 0 saturated carbocycles. The number of fused-ring (bicyclic) bond motifs is 1. The average molecular weight is 300 g/mol. The standard InChI is InChI=1S/C12H5Cl2F2N3/c13-6-4-9-12(18-10(6)14)19-11(17-9)5-1-2-7(15)8(16)3-5/h1-4H,(H,17,18,19). The highest BCUT2D eigenvalue weighted by Gasteiger charge is 2.11. The van der Waals surface area contributed by atoms with Crippen LogP contribution in [-0.4, -0.2) is 15.0 Å². The van der Waals surface area contributed by atoms with Gasteiger partial charge in [0, 0.05) is 5.56 Å². The number of aromatic nitrogens is 3. The monoisotopic (exact) mass is 299 g/mol. The molecule has 1 aromatic carbocycles. The lowest BCUT2D eigenvalue weighted by atomic mass is 10.2. The van der Waals surface area contributed by atoms with Crippen LogP contribution in [-0.2, 0) is 0 Å². The Labute approximate surface area is 116 Å². The molecule has 0 unspecified atom stereocenters. The first-order chi connectivity index (χ1) is 9.04. The van der Waals surface area contributed by atoms with Crippen LogP contribution in [0.5, 0.6) is 0 Å². The van der Waals surface area contributed by atoms with Crippen LogP contribution in [0.25, 0.3) is 22.6 Å². The Morgan fingerprint density at radius 2 is 1.79 bits per heavy atom. The van der Waals surface area contributed by atoms with Crippen molar-refractivity contribution >= 4 is 34.4 Å². The molecule has 0 fully saturated rings. The zero-order chi connectivity index (χ0) is 13.6. The number of halogens is 4. The Morgan fingerprint density at radius 3 is 2.53 bits per heavy atom. The summed E-state index contributed by atoms with van der Waals surface area (Å²) in [4.78, 5) is 11.1. The number of rotatable bonds is 1. The zero-order valence-electron chi connectivity index (χ0n) is 9.22. The molecule has 3 rings (SSSR count). The van der Waals surface area contributed by atoms with Crippen molar-refractivity contribution in [1.82, 2.24) is 15.0 Å². The summed E-state index contributed by atoms with van der Waals surface area (Å²) in [5.41, 5.74) is 1.33. The minimum atomic E-state index is -0.943. The van der Waals surface area contributed by atoms with Crippen molar-refractivity contribution in [3.63, 3.8) is 0 Å². The average Bonchev–Trinajstić information content (AvgIpc) is 2.76. The molecule has 0 atom stereocenters. The van der Waals surface area contributed by atoms with E-state index in [0.29, 0.717) is 22.6 Å². The number of aromatic amines is 1. The van der Waals surface area contributed by atoms with Crippen molar-refractivity contribution in [3.05, 3.63) is 46.1 Å². The summed E-state index contributed by atoms with van der Waals surface area (Å²) < 4.78 is 26.0. The van der Waals surface area contributed by atoms with E-state index < -0.39 is 11.6 Å². The topological polar surface area (TPSA) is 41.6 Å². The summed E-state index contributed by atoms with van der Waals surface area (Å²) in [5, 5.41) is 0.423. The number of hydrogen-bond donors (Lipinski definition) is 1. The van der Waals surface area contributed by atoms with Crippen molar-refractivity contribution in [2.24, 2.45) is 0 Å². The second-order valence-corrected chi connectivity index (χ2v) is 4.61. The maximum Gasteiger partial charge on any atom is 0.179 e. The summed E-state index contributed by atoms with van der Waals surface area (Å²) in [5.74, 6) is -1.49. The Morgan fingerprint density at radius 1 is 1.00 bits per heavy atom. The van der Waals surface area contributed by atoms with Gasteiger partial charge < -0.3 is 4.98 Å². The third-order valence-corrected chi connectivity index (χ3v) is 3.25. The molecule has 2 aromatic heterocycles.